The number of halogens is 1. The average Bonchev–Trinajstić information content (AvgIpc) is 3.04. The fourth-order valence-corrected chi connectivity index (χ4v) is 7.34. The van der Waals surface area contributed by atoms with Gasteiger partial charge in [-0.05, 0) is 108 Å². The van der Waals surface area contributed by atoms with E-state index >= 15 is 0 Å². The number of fused-ring (bicyclic) bond motifs is 1. The third-order valence-corrected chi connectivity index (χ3v) is 10.0. The van der Waals surface area contributed by atoms with E-state index in [0.29, 0.717) is 40.5 Å². The van der Waals surface area contributed by atoms with Crippen LogP contribution in [0.4, 0.5) is 0 Å². The Labute approximate surface area is 277 Å². The summed E-state index contributed by atoms with van der Waals surface area (Å²) in [5.41, 5.74) is 0.481. The van der Waals surface area contributed by atoms with Crippen LogP contribution in [0.3, 0.4) is 0 Å². The zero-order chi connectivity index (χ0) is 32.9. The van der Waals surface area contributed by atoms with Crippen LogP contribution in [0, 0.1) is 11.3 Å². The molecule has 0 unspecified atom stereocenters. The molecule has 3 aromatic rings. The second kappa shape index (κ2) is 14.6. The predicted octanol–water partition coefficient (Wildman–Crippen LogP) is 6.76. The Balaban J connectivity index is 1.29. The molecular formula is C37H48ClN3O5. The number of carbonyl (C=O) groups excluding carboxylic acids is 2. The highest BCUT2D eigenvalue weighted by atomic mass is 35.5. The lowest BCUT2D eigenvalue weighted by Crippen LogP contribution is -2.56. The minimum Gasteiger partial charge on any atom is -0.497 e. The molecule has 8 nitrogen and oxygen atoms in total. The largest absolute Gasteiger partial charge is 0.497 e. The molecule has 2 aromatic carbocycles. The van der Waals surface area contributed by atoms with E-state index in [9.17, 15) is 14.4 Å². The Bertz CT molecular complexity index is 1560. The van der Waals surface area contributed by atoms with Gasteiger partial charge in [-0.2, -0.15) is 0 Å². The summed E-state index contributed by atoms with van der Waals surface area (Å²) in [4.78, 5) is 42.5. The van der Waals surface area contributed by atoms with Crippen molar-refractivity contribution in [3.05, 3.63) is 75.1 Å². The number of nitrogens with one attached hydrogen (secondary N) is 2. The second-order valence-corrected chi connectivity index (χ2v) is 14.6. The molecule has 1 aliphatic heterocycles. The Morgan fingerprint density at radius 2 is 1.74 bits per heavy atom. The molecule has 46 heavy (non-hydrogen) atoms. The van der Waals surface area contributed by atoms with Gasteiger partial charge < -0.3 is 24.7 Å². The number of ether oxygens (including phenoxy) is 1. The number of hydrogen-bond acceptors (Lipinski definition) is 6. The van der Waals surface area contributed by atoms with Gasteiger partial charge >= 0.3 is 0 Å². The molecule has 2 N–H and O–H groups in total. The average molecular weight is 650 g/mol. The SMILES string of the molecule is COc1ccc2c(=O)cc(C(=O)N[C@H](CCN3CCC(C(=O)NC(C)(C)C)(C4CCCCC4)CC3)Cc3ccc(Cl)cc3)oc2c1. The van der Waals surface area contributed by atoms with Gasteiger partial charge in [-0.15, -0.1) is 0 Å². The fraction of sp³-hybridized carbons (Fsp3) is 0.541. The Kier molecular flexibility index (Phi) is 10.8. The fourth-order valence-electron chi connectivity index (χ4n) is 7.22. The topological polar surface area (TPSA) is 101 Å². The van der Waals surface area contributed by atoms with Crippen molar-refractivity contribution >= 4 is 34.4 Å². The zero-order valence-corrected chi connectivity index (χ0v) is 28.4. The Hall–Kier alpha value is -3.36. The molecular weight excluding hydrogens is 602 g/mol. The number of rotatable bonds is 10. The summed E-state index contributed by atoms with van der Waals surface area (Å²) in [5, 5.41) is 7.52. The number of nitrogens with zero attached hydrogens (tertiary/aromatic N) is 1. The quantitative estimate of drug-likeness (QED) is 0.252. The van der Waals surface area contributed by atoms with Crippen LogP contribution >= 0.6 is 11.6 Å². The molecule has 1 aliphatic carbocycles. The minimum atomic E-state index is -0.436. The van der Waals surface area contributed by atoms with Crippen LogP contribution in [0.15, 0.2) is 57.7 Å². The predicted molar refractivity (Wildman–Crippen MR) is 183 cm³/mol. The van der Waals surface area contributed by atoms with E-state index in [0.717, 1.165) is 50.9 Å². The first kappa shape index (κ1) is 34.0. The van der Waals surface area contributed by atoms with Crippen LogP contribution in [0.1, 0.15) is 88.3 Å². The zero-order valence-electron chi connectivity index (χ0n) is 27.6. The number of hydrogen-bond donors (Lipinski definition) is 2. The third-order valence-electron chi connectivity index (χ3n) is 9.76. The maximum atomic E-state index is 13.8. The molecule has 9 heteroatoms. The number of benzene rings is 2. The lowest BCUT2D eigenvalue weighted by atomic mass is 9.63. The number of amides is 2. The first-order chi connectivity index (χ1) is 22.0. The number of piperidine rings is 1. The molecule has 2 heterocycles. The molecule has 0 spiro atoms. The van der Waals surface area contributed by atoms with Crippen molar-refractivity contribution in [2.75, 3.05) is 26.7 Å². The first-order valence-electron chi connectivity index (χ1n) is 16.7. The second-order valence-electron chi connectivity index (χ2n) is 14.2. The van der Waals surface area contributed by atoms with E-state index in [-0.39, 0.29) is 34.1 Å². The highest BCUT2D eigenvalue weighted by Gasteiger charge is 2.48. The highest BCUT2D eigenvalue weighted by Crippen LogP contribution is 2.46. The van der Waals surface area contributed by atoms with E-state index in [1.54, 1.807) is 18.2 Å². The molecule has 2 fully saturated rings. The van der Waals surface area contributed by atoms with Crippen molar-refractivity contribution in [1.29, 1.82) is 0 Å². The molecule has 1 aromatic heterocycles. The van der Waals surface area contributed by atoms with Crippen LogP contribution in [0.25, 0.3) is 11.0 Å². The summed E-state index contributed by atoms with van der Waals surface area (Å²) in [5.74, 6) is 0.716. The summed E-state index contributed by atoms with van der Waals surface area (Å²) in [7, 11) is 1.54. The maximum absolute atomic E-state index is 13.8. The summed E-state index contributed by atoms with van der Waals surface area (Å²) in [6, 6.07) is 13.6. The van der Waals surface area contributed by atoms with Gasteiger partial charge in [0.05, 0.1) is 17.9 Å². The number of carbonyl (C=O) groups is 2. The van der Waals surface area contributed by atoms with Crippen molar-refractivity contribution in [3.63, 3.8) is 0 Å². The number of methoxy groups -OCH3 is 1. The van der Waals surface area contributed by atoms with Gasteiger partial charge in [0, 0.05) is 35.3 Å². The third kappa shape index (κ3) is 8.31. The van der Waals surface area contributed by atoms with Gasteiger partial charge in [-0.3, -0.25) is 14.4 Å². The standard InChI is InChI=1S/C37H48ClN3O5/c1-36(2,3)40-35(44)37(26-8-6-5-7-9-26)17-20-41(21-18-37)19-16-28(22-25-10-12-27(38)13-11-25)39-34(43)33-24-31(42)30-15-14-29(45-4)23-32(30)46-33/h10-15,23-24,26,28H,5-9,16-22H2,1-4H3,(H,39,43)(H,40,44)/t28-/m1/s1. The molecule has 1 atom stereocenters. The van der Waals surface area contributed by atoms with E-state index in [4.69, 9.17) is 20.8 Å². The highest BCUT2D eigenvalue weighted by molar-refractivity contribution is 6.30. The van der Waals surface area contributed by atoms with E-state index in [2.05, 4.69) is 36.3 Å². The van der Waals surface area contributed by atoms with Gasteiger partial charge in [0.1, 0.15) is 11.3 Å². The van der Waals surface area contributed by atoms with Gasteiger partial charge in [-0.1, -0.05) is 43.0 Å². The van der Waals surface area contributed by atoms with E-state index in [1.807, 2.05) is 24.3 Å². The number of likely N-dealkylation sites (tertiary alicyclic amines) is 1. The van der Waals surface area contributed by atoms with Crippen molar-refractivity contribution in [1.82, 2.24) is 15.5 Å². The monoisotopic (exact) mass is 649 g/mol. The normalized spacial score (nSPS) is 18.2. The molecule has 1 saturated heterocycles. The van der Waals surface area contributed by atoms with Gasteiger partial charge in [-0.25, -0.2) is 0 Å². The molecule has 5 rings (SSSR count). The lowest BCUT2D eigenvalue weighted by molar-refractivity contribution is -0.141. The van der Waals surface area contributed by atoms with Gasteiger partial charge in [0.15, 0.2) is 11.2 Å². The van der Waals surface area contributed by atoms with Crippen molar-refractivity contribution < 1.29 is 18.7 Å². The first-order valence-corrected chi connectivity index (χ1v) is 17.1. The van der Waals surface area contributed by atoms with Crippen LogP contribution in [-0.4, -0.2) is 55.0 Å². The molecule has 2 amide bonds. The van der Waals surface area contributed by atoms with Gasteiger partial charge in [0.25, 0.3) is 5.91 Å². The summed E-state index contributed by atoms with van der Waals surface area (Å²) in [6.45, 7) is 8.64. The Morgan fingerprint density at radius 3 is 2.39 bits per heavy atom. The summed E-state index contributed by atoms with van der Waals surface area (Å²) >= 11 is 6.14. The lowest BCUT2D eigenvalue weighted by Gasteiger charge is -2.47. The molecule has 0 radical (unpaired) electrons. The van der Waals surface area contributed by atoms with Crippen LogP contribution in [0.5, 0.6) is 5.75 Å². The molecule has 2 aliphatic rings. The van der Waals surface area contributed by atoms with Gasteiger partial charge in [0.2, 0.25) is 5.91 Å². The minimum absolute atomic E-state index is 0.0352. The van der Waals surface area contributed by atoms with Crippen molar-refractivity contribution in [2.45, 2.75) is 90.1 Å². The smallest absolute Gasteiger partial charge is 0.287 e. The van der Waals surface area contributed by atoms with E-state index in [1.165, 1.54) is 32.4 Å². The van der Waals surface area contributed by atoms with Crippen LogP contribution in [-0.2, 0) is 11.2 Å². The van der Waals surface area contributed by atoms with Crippen LogP contribution in [0.2, 0.25) is 5.02 Å². The maximum Gasteiger partial charge on any atom is 0.287 e. The molecule has 1 saturated carbocycles. The van der Waals surface area contributed by atoms with Crippen molar-refractivity contribution in [2.24, 2.45) is 11.3 Å². The van der Waals surface area contributed by atoms with E-state index < -0.39 is 5.91 Å². The molecule has 0 bridgehead atoms. The summed E-state index contributed by atoms with van der Waals surface area (Å²) < 4.78 is 11.2. The molecule has 248 valence electrons. The van der Waals surface area contributed by atoms with Crippen molar-refractivity contribution in [3.8, 4) is 5.75 Å². The van der Waals surface area contributed by atoms with Crippen LogP contribution < -0.4 is 20.8 Å². The summed E-state index contributed by atoms with van der Waals surface area (Å²) in [6.07, 6.45) is 8.92. The Morgan fingerprint density at radius 1 is 1.04 bits per heavy atom.